The topological polar surface area (TPSA) is 96.3 Å². The van der Waals surface area contributed by atoms with Crippen molar-refractivity contribution in [1.82, 2.24) is 35.3 Å². The number of anilines is 1. The van der Waals surface area contributed by atoms with Crippen LogP contribution in [0.25, 0.3) is 11.3 Å². The highest BCUT2D eigenvalue weighted by Gasteiger charge is 2.27. The van der Waals surface area contributed by atoms with E-state index in [1.807, 2.05) is 30.3 Å². The molecular formula is C23H31ClN8. The first-order valence-electron chi connectivity index (χ1n) is 11.6. The second-order valence-electron chi connectivity index (χ2n) is 9.28. The smallest absolute Gasteiger partial charge is 0.223 e. The van der Waals surface area contributed by atoms with E-state index in [0.29, 0.717) is 29.1 Å². The van der Waals surface area contributed by atoms with E-state index in [1.165, 1.54) is 24.1 Å². The molecule has 5 rings (SSSR count). The third kappa shape index (κ3) is 4.81. The minimum Gasteiger partial charge on any atom is -0.351 e. The van der Waals surface area contributed by atoms with Gasteiger partial charge in [0.1, 0.15) is 0 Å². The van der Waals surface area contributed by atoms with Crippen LogP contribution in [0.1, 0.15) is 62.7 Å². The van der Waals surface area contributed by atoms with Crippen molar-refractivity contribution in [2.75, 3.05) is 5.32 Å². The van der Waals surface area contributed by atoms with Crippen molar-refractivity contribution >= 4 is 17.5 Å². The van der Waals surface area contributed by atoms with Gasteiger partial charge in [0.25, 0.3) is 0 Å². The summed E-state index contributed by atoms with van der Waals surface area (Å²) < 4.78 is 1.96. The number of nitrogens with one attached hydrogen (secondary N) is 3. The van der Waals surface area contributed by atoms with Crippen molar-refractivity contribution in [2.45, 2.75) is 70.0 Å². The molecule has 0 aliphatic heterocycles. The summed E-state index contributed by atoms with van der Waals surface area (Å²) in [5.74, 6) is 1.41. The largest absolute Gasteiger partial charge is 0.351 e. The summed E-state index contributed by atoms with van der Waals surface area (Å²) in [6.07, 6.45) is 15.5. The molecule has 1 atom stereocenters. The van der Waals surface area contributed by atoms with E-state index in [9.17, 15) is 0 Å². The molecule has 0 saturated heterocycles. The second kappa shape index (κ2) is 9.19. The molecule has 3 heterocycles. The average molecular weight is 455 g/mol. The number of rotatable bonds is 8. The molecule has 3 aromatic rings. The van der Waals surface area contributed by atoms with E-state index < -0.39 is 0 Å². The zero-order chi connectivity index (χ0) is 22.1. The molecule has 170 valence electrons. The number of hydrogen-bond acceptors (Lipinski definition) is 6. The Morgan fingerprint density at radius 2 is 1.91 bits per heavy atom. The molecule has 2 aliphatic rings. The van der Waals surface area contributed by atoms with Crippen molar-refractivity contribution in [3.8, 4) is 11.3 Å². The van der Waals surface area contributed by atoms with Crippen LogP contribution in [0.3, 0.4) is 0 Å². The van der Waals surface area contributed by atoms with Gasteiger partial charge in [-0.25, -0.2) is 9.97 Å². The van der Waals surface area contributed by atoms with Crippen molar-refractivity contribution in [3.05, 3.63) is 41.1 Å². The summed E-state index contributed by atoms with van der Waals surface area (Å²) in [5, 5.41) is 19.3. The Kier molecular flexibility index (Phi) is 6.15. The van der Waals surface area contributed by atoms with E-state index in [2.05, 4.69) is 37.8 Å². The van der Waals surface area contributed by atoms with E-state index in [-0.39, 0.29) is 0 Å². The minimum absolute atomic E-state index is 0.301. The Morgan fingerprint density at radius 1 is 1.12 bits per heavy atom. The SMILES string of the molecule is C[C@@H](NC1CCC(Nc2ncc(Cl)c(-c3cnn(C)c3CC3CC3)n2)CC1)c1cn[nH]c1. The van der Waals surface area contributed by atoms with Gasteiger partial charge < -0.3 is 10.6 Å². The van der Waals surface area contributed by atoms with Crippen LogP contribution < -0.4 is 10.6 Å². The van der Waals surface area contributed by atoms with Crippen LogP contribution in [0.2, 0.25) is 5.02 Å². The summed E-state index contributed by atoms with van der Waals surface area (Å²) >= 11 is 6.51. The molecule has 0 amide bonds. The summed E-state index contributed by atoms with van der Waals surface area (Å²) in [5.41, 5.74) is 4.20. The summed E-state index contributed by atoms with van der Waals surface area (Å²) in [6, 6.07) is 1.18. The van der Waals surface area contributed by atoms with Gasteiger partial charge in [-0.15, -0.1) is 0 Å². The molecule has 3 N–H and O–H groups in total. The monoisotopic (exact) mass is 454 g/mol. The van der Waals surface area contributed by atoms with E-state index >= 15 is 0 Å². The highest BCUT2D eigenvalue weighted by atomic mass is 35.5. The van der Waals surface area contributed by atoms with Gasteiger partial charge in [0.15, 0.2) is 0 Å². The molecule has 32 heavy (non-hydrogen) atoms. The van der Waals surface area contributed by atoms with Crippen molar-refractivity contribution in [3.63, 3.8) is 0 Å². The molecule has 0 bridgehead atoms. The number of aromatic nitrogens is 6. The molecule has 8 nitrogen and oxygen atoms in total. The van der Waals surface area contributed by atoms with Crippen LogP contribution in [-0.2, 0) is 13.5 Å². The maximum absolute atomic E-state index is 6.51. The highest BCUT2D eigenvalue weighted by molar-refractivity contribution is 6.32. The number of hydrogen-bond donors (Lipinski definition) is 3. The molecule has 2 fully saturated rings. The Hall–Kier alpha value is -2.45. The molecule has 0 aromatic carbocycles. The summed E-state index contributed by atoms with van der Waals surface area (Å²) in [6.45, 7) is 2.19. The number of aromatic amines is 1. The van der Waals surface area contributed by atoms with Crippen LogP contribution in [0.5, 0.6) is 0 Å². The maximum atomic E-state index is 6.51. The predicted octanol–water partition coefficient (Wildman–Crippen LogP) is 4.28. The normalized spacial score (nSPS) is 22.1. The van der Waals surface area contributed by atoms with Crippen LogP contribution >= 0.6 is 11.6 Å². The second-order valence-corrected chi connectivity index (χ2v) is 9.69. The standard InChI is InChI=1S/C23H31ClN8/c1-14(16-10-26-27-11-16)29-17-5-7-18(8-6-17)30-23-25-13-20(24)22(31-23)19-12-28-32(2)21(19)9-15-3-4-15/h10-15,17-18,29H,3-9H2,1-2H3,(H,26,27)(H,25,30,31)/t14-,17?,18?/m1/s1. The first kappa shape index (κ1) is 21.4. The zero-order valence-electron chi connectivity index (χ0n) is 18.7. The number of aryl methyl sites for hydroxylation is 1. The fourth-order valence-corrected chi connectivity index (χ4v) is 4.85. The molecule has 3 aromatic heterocycles. The van der Waals surface area contributed by atoms with Gasteiger partial charge in [-0.2, -0.15) is 10.2 Å². The van der Waals surface area contributed by atoms with E-state index in [4.69, 9.17) is 16.6 Å². The number of H-pyrrole nitrogens is 1. The highest BCUT2D eigenvalue weighted by Crippen LogP contribution is 2.37. The Balaban J connectivity index is 1.22. The van der Waals surface area contributed by atoms with Gasteiger partial charge >= 0.3 is 0 Å². The molecule has 0 unspecified atom stereocenters. The lowest BCUT2D eigenvalue weighted by atomic mass is 9.90. The Labute approximate surface area is 193 Å². The molecule has 2 aliphatic carbocycles. The fourth-order valence-electron chi connectivity index (χ4n) is 4.66. The van der Waals surface area contributed by atoms with Gasteiger partial charge in [-0.3, -0.25) is 9.78 Å². The van der Waals surface area contributed by atoms with Crippen LogP contribution in [-0.4, -0.2) is 42.0 Å². The minimum atomic E-state index is 0.301. The quantitative estimate of drug-likeness (QED) is 0.470. The van der Waals surface area contributed by atoms with Crippen LogP contribution in [0.4, 0.5) is 5.95 Å². The van der Waals surface area contributed by atoms with E-state index in [0.717, 1.165) is 49.3 Å². The molecular weight excluding hydrogens is 424 g/mol. The lowest BCUT2D eigenvalue weighted by molar-refractivity contribution is 0.330. The van der Waals surface area contributed by atoms with Gasteiger partial charge in [-0.05, 0) is 57.8 Å². The lowest BCUT2D eigenvalue weighted by Gasteiger charge is -2.31. The molecule has 0 radical (unpaired) electrons. The lowest BCUT2D eigenvalue weighted by Crippen LogP contribution is -2.38. The summed E-state index contributed by atoms with van der Waals surface area (Å²) in [7, 11) is 2.00. The van der Waals surface area contributed by atoms with Crippen molar-refractivity contribution < 1.29 is 0 Å². The fraction of sp³-hybridized carbons (Fsp3) is 0.565. The van der Waals surface area contributed by atoms with Gasteiger partial charge in [-0.1, -0.05) is 11.6 Å². The zero-order valence-corrected chi connectivity index (χ0v) is 19.4. The third-order valence-electron chi connectivity index (χ3n) is 6.81. The van der Waals surface area contributed by atoms with Gasteiger partial charge in [0.05, 0.1) is 29.3 Å². The molecule has 9 heteroatoms. The van der Waals surface area contributed by atoms with Gasteiger partial charge in [0, 0.05) is 48.2 Å². The van der Waals surface area contributed by atoms with Crippen molar-refractivity contribution in [2.24, 2.45) is 13.0 Å². The first-order valence-corrected chi connectivity index (χ1v) is 12.0. The maximum Gasteiger partial charge on any atom is 0.223 e. The van der Waals surface area contributed by atoms with Crippen LogP contribution in [0.15, 0.2) is 24.8 Å². The number of nitrogens with zero attached hydrogens (tertiary/aromatic N) is 5. The third-order valence-corrected chi connectivity index (χ3v) is 7.08. The van der Waals surface area contributed by atoms with Gasteiger partial charge in [0.2, 0.25) is 5.95 Å². The Morgan fingerprint density at radius 3 is 2.62 bits per heavy atom. The van der Waals surface area contributed by atoms with E-state index in [1.54, 1.807) is 6.20 Å². The average Bonchev–Trinajstić information content (AvgIpc) is 3.29. The molecule has 2 saturated carbocycles. The summed E-state index contributed by atoms with van der Waals surface area (Å²) in [4.78, 5) is 9.27. The molecule has 0 spiro atoms. The number of halogens is 1. The predicted molar refractivity (Wildman–Crippen MR) is 125 cm³/mol. The van der Waals surface area contributed by atoms with Crippen LogP contribution in [0, 0.1) is 5.92 Å². The Bertz CT molecular complexity index is 1030. The van der Waals surface area contributed by atoms with Crippen molar-refractivity contribution in [1.29, 1.82) is 0 Å². The first-order chi connectivity index (χ1) is 15.6.